The van der Waals surface area contributed by atoms with Gasteiger partial charge in [0.05, 0.1) is 30.5 Å². The summed E-state index contributed by atoms with van der Waals surface area (Å²) < 4.78 is 10.4. The number of hydrogen-bond acceptors (Lipinski definition) is 6. The molecule has 146 valence electrons. The molecule has 0 atom stereocenters. The van der Waals surface area contributed by atoms with E-state index in [1.807, 2.05) is 0 Å². The van der Waals surface area contributed by atoms with Gasteiger partial charge < -0.3 is 19.9 Å². The number of aromatic carboxylic acids is 1. The number of aromatic nitrogens is 1. The molecule has 2 N–H and O–H groups in total. The molecule has 0 radical (unpaired) electrons. The van der Waals surface area contributed by atoms with Gasteiger partial charge in [0.1, 0.15) is 11.3 Å². The first-order chi connectivity index (χ1) is 13.0. The van der Waals surface area contributed by atoms with E-state index in [4.69, 9.17) is 9.47 Å². The number of benzene rings is 2. The number of carboxylic acids is 1. The van der Waals surface area contributed by atoms with Crippen LogP contribution in [0.25, 0.3) is 10.9 Å². The van der Waals surface area contributed by atoms with Crippen molar-refractivity contribution < 1.29 is 24.2 Å². The highest BCUT2D eigenvalue weighted by Gasteiger charge is 2.18. The van der Waals surface area contributed by atoms with Gasteiger partial charge in [-0.1, -0.05) is 6.07 Å². The fourth-order valence-corrected chi connectivity index (χ4v) is 2.67. The Labute approximate surface area is 167 Å². The molecule has 0 saturated heterocycles. The average molecular weight is 403 g/mol. The fourth-order valence-electron chi connectivity index (χ4n) is 2.67. The Morgan fingerprint density at radius 1 is 1.18 bits per heavy atom. The molecule has 0 aliphatic heterocycles. The lowest BCUT2D eigenvalue weighted by Crippen LogP contribution is -2.09. The van der Waals surface area contributed by atoms with Gasteiger partial charge in [-0.25, -0.2) is 9.59 Å². The number of fused-ring (bicyclic) bond motifs is 1. The molecule has 7 nitrogen and oxygen atoms in total. The zero-order valence-corrected chi connectivity index (χ0v) is 16.1. The molecule has 0 spiro atoms. The molecule has 28 heavy (non-hydrogen) atoms. The summed E-state index contributed by atoms with van der Waals surface area (Å²) in [6.07, 6.45) is 1.44. The lowest BCUT2D eigenvalue weighted by atomic mass is 10.1. The fraction of sp³-hybridized carbons (Fsp3) is 0.150. The molecule has 1 aromatic heterocycles. The van der Waals surface area contributed by atoms with E-state index in [1.165, 1.54) is 18.3 Å². The van der Waals surface area contributed by atoms with Crippen LogP contribution in [0.3, 0.4) is 0 Å². The Balaban J connectivity index is 0.00000280. The minimum absolute atomic E-state index is 0. The van der Waals surface area contributed by atoms with E-state index in [9.17, 15) is 14.7 Å². The first-order valence-electron chi connectivity index (χ1n) is 8.27. The van der Waals surface area contributed by atoms with Crippen LogP contribution in [-0.4, -0.2) is 35.7 Å². The topological polar surface area (TPSA) is 97.8 Å². The van der Waals surface area contributed by atoms with E-state index in [0.29, 0.717) is 28.0 Å². The van der Waals surface area contributed by atoms with Crippen LogP contribution in [-0.2, 0) is 4.74 Å². The number of carbonyl (C=O) groups excluding carboxylic acids is 1. The van der Waals surface area contributed by atoms with Crippen molar-refractivity contribution in [2.45, 2.75) is 6.92 Å². The highest BCUT2D eigenvalue weighted by Crippen LogP contribution is 2.32. The molecule has 0 amide bonds. The molecule has 8 heteroatoms. The van der Waals surface area contributed by atoms with Gasteiger partial charge in [-0.3, -0.25) is 4.98 Å². The molecule has 0 saturated carbocycles. The Morgan fingerprint density at radius 3 is 2.64 bits per heavy atom. The summed E-state index contributed by atoms with van der Waals surface area (Å²) in [6, 6.07) is 11.6. The minimum Gasteiger partial charge on any atom is -0.497 e. The third kappa shape index (κ3) is 4.32. The third-order valence-electron chi connectivity index (χ3n) is 3.95. The van der Waals surface area contributed by atoms with Crippen molar-refractivity contribution in [3.05, 3.63) is 59.8 Å². The van der Waals surface area contributed by atoms with Crippen LogP contribution in [0, 0.1) is 0 Å². The molecule has 0 aliphatic carbocycles. The number of halogens is 1. The first kappa shape index (κ1) is 21.0. The van der Waals surface area contributed by atoms with E-state index in [2.05, 4.69) is 10.3 Å². The largest absolute Gasteiger partial charge is 0.497 e. The standard InChI is InChI=1S/C20H18N2O5.ClH/c1-3-27-20(25)16-11-21-17-8-7-14(26-2)10-15(17)18(16)22-13-6-4-5-12(9-13)19(23)24;/h4-11H,3H2,1-2H3,(H,21,22)(H,23,24);1H. The minimum atomic E-state index is -1.04. The second-order valence-corrected chi connectivity index (χ2v) is 5.66. The molecule has 3 rings (SSSR count). The summed E-state index contributed by atoms with van der Waals surface area (Å²) in [4.78, 5) is 28.0. The van der Waals surface area contributed by atoms with E-state index in [1.54, 1.807) is 44.4 Å². The lowest BCUT2D eigenvalue weighted by Gasteiger charge is -2.15. The molecule has 0 fully saturated rings. The van der Waals surface area contributed by atoms with Crippen molar-refractivity contribution in [1.82, 2.24) is 4.98 Å². The SMILES string of the molecule is CCOC(=O)c1cnc2ccc(OC)cc2c1Nc1cccc(C(=O)O)c1.Cl. The number of hydrogen-bond donors (Lipinski definition) is 2. The van der Waals surface area contributed by atoms with Crippen molar-refractivity contribution in [3.63, 3.8) is 0 Å². The van der Waals surface area contributed by atoms with Gasteiger partial charge in [0.25, 0.3) is 0 Å². The Bertz CT molecular complexity index is 1020. The van der Waals surface area contributed by atoms with E-state index in [0.717, 1.165) is 0 Å². The first-order valence-corrected chi connectivity index (χ1v) is 8.27. The maximum Gasteiger partial charge on any atom is 0.341 e. The number of carboxylic acid groups (broad SMARTS) is 1. The van der Waals surface area contributed by atoms with Gasteiger partial charge >= 0.3 is 11.9 Å². The maximum absolute atomic E-state index is 12.4. The molecule has 0 bridgehead atoms. The van der Waals surface area contributed by atoms with E-state index < -0.39 is 11.9 Å². The van der Waals surface area contributed by atoms with Crippen LogP contribution in [0.5, 0.6) is 5.75 Å². The summed E-state index contributed by atoms with van der Waals surface area (Å²) in [5.74, 6) is -0.954. The molecule has 2 aromatic carbocycles. The maximum atomic E-state index is 12.4. The van der Waals surface area contributed by atoms with Crippen molar-refractivity contribution in [2.75, 3.05) is 19.0 Å². The van der Waals surface area contributed by atoms with Gasteiger partial charge in [-0.05, 0) is 43.3 Å². The number of methoxy groups -OCH3 is 1. The highest BCUT2D eigenvalue weighted by atomic mass is 35.5. The second-order valence-electron chi connectivity index (χ2n) is 5.66. The molecular formula is C20H19ClN2O5. The van der Waals surface area contributed by atoms with Gasteiger partial charge in [0.15, 0.2) is 0 Å². The van der Waals surface area contributed by atoms with Crippen molar-refractivity contribution >= 4 is 46.6 Å². The van der Waals surface area contributed by atoms with E-state index >= 15 is 0 Å². The lowest BCUT2D eigenvalue weighted by molar-refractivity contribution is 0.0526. The number of ether oxygens (including phenoxy) is 2. The summed E-state index contributed by atoms with van der Waals surface area (Å²) in [7, 11) is 1.55. The summed E-state index contributed by atoms with van der Waals surface area (Å²) in [6.45, 7) is 1.95. The average Bonchev–Trinajstić information content (AvgIpc) is 2.68. The quantitative estimate of drug-likeness (QED) is 0.593. The summed E-state index contributed by atoms with van der Waals surface area (Å²) in [5, 5.41) is 13.0. The number of rotatable bonds is 6. The predicted octanol–water partition coefficient (Wildman–Crippen LogP) is 4.28. The van der Waals surface area contributed by atoms with Gasteiger partial charge in [-0.2, -0.15) is 0 Å². The van der Waals surface area contributed by atoms with Crippen LogP contribution in [0.4, 0.5) is 11.4 Å². The number of nitrogens with one attached hydrogen (secondary N) is 1. The van der Waals surface area contributed by atoms with Crippen molar-refractivity contribution in [3.8, 4) is 5.75 Å². The number of pyridine rings is 1. The normalized spacial score (nSPS) is 10.1. The smallest absolute Gasteiger partial charge is 0.341 e. The monoisotopic (exact) mass is 402 g/mol. The van der Waals surface area contributed by atoms with Crippen molar-refractivity contribution in [1.29, 1.82) is 0 Å². The van der Waals surface area contributed by atoms with Crippen LogP contribution in [0.15, 0.2) is 48.7 Å². The van der Waals surface area contributed by atoms with Gasteiger partial charge in [0.2, 0.25) is 0 Å². The van der Waals surface area contributed by atoms with Crippen LogP contribution in [0.2, 0.25) is 0 Å². The molecular weight excluding hydrogens is 384 g/mol. The Kier molecular flexibility index (Phi) is 6.79. The molecule has 3 aromatic rings. The highest BCUT2D eigenvalue weighted by molar-refractivity contribution is 6.06. The van der Waals surface area contributed by atoms with Gasteiger partial charge in [0, 0.05) is 17.3 Å². The number of anilines is 2. The van der Waals surface area contributed by atoms with Crippen molar-refractivity contribution in [2.24, 2.45) is 0 Å². The van der Waals surface area contributed by atoms with E-state index in [-0.39, 0.29) is 30.1 Å². The number of nitrogens with zero attached hydrogens (tertiary/aromatic N) is 1. The molecule has 0 aliphatic rings. The molecule has 1 heterocycles. The Morgan fingerprint density at radius 2 is 1.96 bits per heavy atom. The van der Waals surface area contributed by atoms with Crippen LogP contribution in [0.1, 0.15) is 27.6 Å². The third-order valence-corrected chi connectivity index (χ3v) is 3.95. The zero-order chi connectivity index (χ0) is 19.4. The zero-order valence-electron chi connectivity index (χ0n) is 15.3. The van der Waals surface area contributed by atoms with Crippen LogP contribution >= 0.6 is 12.4 Å². The number of esters is 1. The second kappa shape index (κ2) is 9.05. The summed E-state index contributed by atoms with van der Waals surface area (Å²) in [5.41, 5.74) is 2.03. The van der Waals surface area contributed by atoms with Crippen LogP contribution < -0.4 is 10.1 Å². The predicted molar refractivity (Wildman–Crippen MR) is 108 cm³/mol. The Hall–Kier alpha value is -3.32. The molecule has 0 unspecified atom stereocenters. The summed E-state index contributed by atoms with van der Waals surface area (Å²) >= 11 is 0. The number of carbonyl (C=O) groups is 2. The van der Waals surface area contributed by atoms with Gasteiger partial charge in [-0.15, -0.1) is 12.4 Å².